The van der Waals surface area contributed by atoms with Crippen molar-refractivity contribution in [3.63, 3.8) is 0 Å². The van der Waals surface area contributed by atoms with E-state index in [2.05, 4.69) is 54.2 Å². The van der Waals surface area contributed by atoms with E-state index >= 15 is 0 Å². The van der Waals surface area contributed by atoms with Crippen LogP contribution in [0.5, 0.6) is 5.75 Å². The Morgan fingerprint density at radius 3 is 2.55 bits per heavy atom. The fourth-order valence-electron chi connectivity index (χ4n) is 7.06. The van der Waals surface area contributed by atoms with Crippen LogP contribution in [0.2, 0.25) is 0 Å². The summed E-state index contributed by atoms with van der Waals surface area (Å²) in [4.78, 5) is 21.4. The zero-order valence-corrected chi connectivity index (χ0v) is 25.3. The molecule has 0 radical (unpaired) electrons. The van der Waals surface area contributed by atoms with Crippen molar-refractivity contribution >= 4 is 22.4 Å². The minimum Gasteiger partial charge on any atom is -0.488 e. The van der Waals surface area contributed by atoms with E-state index in [0.717, 1.165) is 84.4 Å². The summed E-state index contributed by atoms with van der Waals surface area (Å²) < 4.78 is 12.2. The molecular weight excluding hydrogens is 548 g/mol. The number of nitriles is 1. The van der Waals surface area contributed by atoms with Gasteiger partial charge in [-0.25, -0.2) is 4.98 Å². The summed E-state index contributed by atoms with van der Waals surface area (Å²) in [7, 11) is 0. The fourth-order valence-corrected chi connectivity index (χ4v) is 7.91. The number of anilines is 1. The molecule has 0 amide bonds. The van der Waals surface area contributed by atoms with Gasteiger partial charge in [-0.3, -0.25) is 9.69 Å². The van der Waals surface area contributed by atoms with Crippen LogP contribution < -0.4 is 9.64 Å². The highest BCUT2D eigenvalue weighted by Gasteiger charge is 2.46. The SMILES string of the molecule is Cc1ccc(OCc2ccc(CN3C[C@@H](C)O[C@@H](C)C3)cc2C#N)c(-c2csc(N3CC4CCC(C3)C4C(=O)O)n2)c1. The number of hydrogen-bond donors (Lipinski definition) is 1. The highest BCUT2D eigenvalue weighted by Crippen LogP contribution is 2.44. The molecule has 8 nitrogen and oxygen atoms in total. The second-order valence-corrected chi connectivity index (χ2v) is 13.1. The number of carboxylic acid groups (broad SMARTS) is 1. The van der Waals surface area contributed by atoms with Crippen LogP contribution in [0.25, 0.3) is 11.3 Å². The van der Waals surface area contributed by atoms with Crippen molar-refractivity contribution in [3.05, 3.63) is 64.0 Å². The van der Waals surface area contributed by atoms with Gasteiger partial charge in [-0.15, -0.1) is 11.3 Å². The standard InChI is InChI=1S/C33H38N4O4S/c1-20-4-9-30(40-18-26-6-5-23(11-27(26)12-34)15-36-13-21(2)41-22(3)14-36)28(10-20)29-19-42-33(35-29)37-16-24-7-8-25(17-37)31(24)32(38)39/h4-6,9-11,19,21-22,24-25,31H,7-8,13-18H2,1-3H3,(H,38,39)/t21-,22+,24?,25?,31?. The number of thiazole rings is 1. The van der Waals surface area contributed by atoms with Crippen molar-refractivity contribution in [3.8, 4) is 23.1 Å². The van der Waals surface area contributed by atoms with Crippen molar-refractivity contribution in [1.82, 2.24) is 9.88 Å². The Bertz CT molecular complexity index is 1480. The lowest BCUT2D eigenvalue weighted by Gasteiger charge is -2.35. The first kappa shape index (κ1) is 28.7. The summed E-state index contributed by atoms with van der Waals surface area (Å²) in [5.41, 5.74) is 5.49. The van der Waals surface area contributed by atoms with Crippen LogP contribution in [-0.2, 0) is 22.7 Å². The molecule has 1 aliphatic carbocycles. The summed E-state index contributed by atoms with van der Waals surface area (Å²) in [5.74, 6) is 0.225. The third-order valence-corrected chi connectivity index (χ3v) is 9.77. The summed E-state index contributed by atoms with van der Waals surface area (Å²) in [5, 5.41) is 22.6. The van der Waals surface area contributed by atoms with Crippen LogP contribution in [0.1, 0.15) is 48.9 Å². The molecule has 3 fully saturated rings. The van der Waals surface area contributed by atoms with Crippen molar-refractivity contribution in [2.24, 2.45) is 17.8 Å². The molecule has 9 heteroatoms. The van der Waals surface area contributed by atoms with E-state index in [9.17, 15) is 15.2 Å². The van der Waals surface area contributed by atoms with E-state index in [-0.39, 0.29) is 36.6 Å². The van der Waals surface area contributed by atoms with Gasteiger partial charge in [0.1, 0.15) is 12.4 Å². The number of carboxylic acids is 1. The van der Waals surface area contributed by atoms with Crippen LogP contribution in [0.4, 0.5) is 5.13 Å². The molecule has 2 unspecified atom stereocenters. The third-order valence-electron chi connectivity index (χ3n) is 8.87. The smallest absolute Gasteiger partial charge is 0.307 e. The summed E-state index contributed by atoms with van der Waals surface area (Å²) >= 11 is 1.60. The monoisotopic (exact) mass is 586 g/mol. The van der Waals surface area contributed by atoms with Gasteiger partial charge in [-0.05, 0) is 69.2 Å². The van der Waals surface area contributed by atoms with Crippen LogP contribution in [0.3, 0.4) is 0 Å². The number of nitrogens with zero attached hydrogens (tertiary/aromatic N) is 4. The van der Waals surface area contributed by atoms with Crippen LogP contribution in [0, 0.1) is 36.0 Å². The van der Waals surface area contributed by atoms with Gasteiger partial charge in [0.25, 0.3) is 0 Å². The zero-order valence-electron chi connectivity index (χ0n) is 24.5. The van der Waals surface area contributed by atoms with Gasteiger partial charge in [0.2, 0.25) is 0 Å². The van der Waals surface area contributed by atoms with Gasteiger partial charge >= 0.3 is 5.97 Å². The Morgan fingerprint density at radius 2 is 1.86 bits per heavy atom. The Hall–Kier alpha value is -3.45. The molecule has 1 aromatic heterocycles. The highest BCUT2D eigenvalue weighted by molar-refractivity contribution is 7.14. The number of benzene rings is 2. The predicted octanol–water partition coefficient (Wildman–Crippen LogP) is 5.73. The fraction of sp³-hybridized carbons (Fsp3) is 0.485. The quantitative estimate of drug-likeness (QED) is 0.358. The molecule has 6 rings (SSSR count). The molecule has 220 valence electrons. The number of piperidine rings is 1. The number of aliphatic carboxylic acids is 1. The first-order valence-corrected chi connectivity index (χ1v) is 15.7. The van der Waals surface area contributed by atoms with Crippen LogP contribution in [-0.4, -0.2) is 59.3 Å². The largest absolute Gasteiger partial charge is 0.488 e. The van der Waals surface area contributed by atoms with Crippen LogP contribution >= 0.6 is 11.3 Å². The number of rotatable bonds is 8. The van der Waals surface area contributed by atoms with Crippen molar-refractivity contribution < 1.29 is 19.4 Å². The van der Waals surface area contributed by atoms with E-state index in [1.807, 2.05) is 24.3 Å². The Kier molecular flexibility index (Phi) is 8.22. The number of aryl methyl sites for hydroxylation is 1. The lowest BCUT2D eigenvalue weighted by atomic mass is 9.85. The lowest BCUT2D eigenvalue weighted by molar-refractivity contribution is -0.144. The maximum absolute atomic E-state index is 11.8. The average Bonchev–Trinajstić information content (AvgIpc) is 3.55. The highest BCUT2D eigenvalue weighted by atomic mass is 32.1. The first-order chi connectivity index (χ1) is 20.3. The topological polar surface area (TPSA) is 98.9 Å². The number of fused-ring (bicyclic) bond motifs is 2. The number of carbonyl (C=O) groups is 1. The van der Waals surface area contributed by atoms with E-state index in [1.165, 1.54) is 0 Å². The van der Waals surface area contributed by atoms with Gasteiger partial charge in [0.15, 0.2) is 5.13 Å². The molecule has 2 saturated heterocycles. The summed E-state index contributed by atoms with van der Waals surface area (Å²) in [6, 6.07) is 14.5. The summed E-state index contributed by atoms with van der Waals surface area (Å²) in [6.45, 7) is 10.6. The average molecular weight is 587 g/mol. The van der Waals surface area contributed by atoms with Gasteiger partial charge < -0.3 is 19.5 Å². The van der Waals surface area contributed by atoms with E-state index in [0.29, 0.717) is 5.56 Å². The molecule has 3 aliphatic rings. The first-order valence-electron chi connectivity index (χ1n) is 14.8. The summed E-state index contributed by atoms with van der Waals surface area (Å²) in [6.07, 6.45) is 2.36. The van der Waals surface area contributed by atoms with Gasteiger partial charge in [-0.2, -0.15) is 5.26 Å². The van der Waals surface area contributed by atoms with E-state index in [1.54, 1.807) is 11.3 Å². The third kappa shape index (κ3) is 6.03. The van der Waals surface area contributed by atoms with Crippen molar-refractivity contribution in [2.45, 2.75) is 59.0 Å². The maximum Gasteiger partial charge on any atom is 0.307 e. The Morgan fingerprint density at radius 1 is 1.12 bits per heavy atom. The Labute approximate surface area is 251 Å². The normalized spacial score (nSPS) is 25.8. The molecule has 2 aliphatic heterocycles. The number of aromatic nitrogens is 1. The molecule has 2 bridgehead atoms. The molecule has 0 spiro atoms. The van der Waals surface area contributed by atoms with Crippen molar-refractivity contribution in [2.75, 3.05) is 31.1 Å². The number of morpholine rings is 1. The second-order valence-electron chi connectivity index (χ2n) is 12.2. The molecule has 1 saturated carbocycles. The lowest BCUT2D eigenvalue weighted by Crippen LogP contribution is -2.44. The maximum atomic E-state index is 11.8. The molecule has 3 heterocycles. The van der Waals surface area contributed by atoms with Crippen molar-refractivity contribution in [1.29, 1.82) is 5.26 Å². The van der Waals surface area contributed by atoms with Gasteiger partial charge in [0.05, 0.1) is 35.5 Å². The van der Waals surface area contributed by atoms with Crippen LogP contribution in [0.15, 0.2) is 41.8 Å². The van der Waals surface area contributed by atoms with Gasteiger partial charge in [0, 0.05) is 49.2 Å². The number of hydrogen-bond acceptors (Lipinski definition) is 8. The molecule has 3 aromatic rings. The molecular formula is C33H38N4O4S. The number of ether oxygens (including phenoxy) is 2. The predicted molar refractivity (Wildman–Crippen MR) is 163 cm³/mol. The molecule has 2 aromatic carbocycles. The van der Waals surface area contributed by atoms with E-state index in [4.69, 9.17) is 14.5 Å². The zero-order chi connectivity index (χ0) is 29.4. The molecule has 4 atom stereocenters. The molecule has 1 N–H and O–H groups in total. The minimum absolute atomic E-state index is 0.188. The van der Waals surface area contributed by atoms with E-state index < -0.39 is 5.97 Å². The van der Waals surface area contributed by atoms with Gasteiger partial charge in [-0.1, -0.05) is 23.8 Å². The molecule has 42 heavy (non-hydrogen) atoms. The Balaban J connectivity index is 1.16. The minimum atomic E-state index is -0.654. The second kappa shape index (κ2) is 12.0.